The van der Waals surface area contributed by atoms with Gasteiger partial charge in [0.25, 0.3) is 0 Å². The zero-order valence-corrected chi connectivity index (χ0v) is 8.32. The second kappa shape index (κ2) is 3.24. The minimum Gasteiger partial charge on any atom is -0.399 e. The van der Waals surface area contributed by atoms with Crippen molar-refractivity contribution >= 4 is 28.1 Å². The van der Waals surface area contributed by atoms with Crippen LogP contribution in [-0.2, 0) is 0 Å². The standard InChI is InChI=1S/C11H11N3O/c1-6(15)11-5-9(13)8-4-7(12)2-3-10(8)14-11/h2-5H,12H2,1H3,(H2,13,14). The average molecular weight is 201 g/mol. The number of nitrogen functional groups attached to an aromatic ring is 2. The maximum absolute atomic E-state index is 11.2. The van der Waals surface area contributed by atoms with Gasteiger partial charge in [0.1, 0.15) is 5.69 Å². The third kappa shape index (κ3) is 1.61. The number of benzene rings is 1. The molecule has 4 N–H and O–H groups in total. The average Bonchev–Trinajstić information content (AvgIpc) is 2.18. The van der Waals surface area contributed by atoms with E-state index in [2.05, 4.69) is 4.98 Å². The Morgan fingerprint density at radius 3 is 2.67 bits per heavy atom. The smallest absolute Gasteiger partial charge is 0.178 e. The Morgan fingerprint density at radius 2 is 2.00 bits per heavy atom. The minimum atomic E-state index is -0.0968. The molecule has 0 unspecified atom stereocenters. The number of nitrogens with two attached hydrogens (primary N) is 2. The zero-order valence-electron chi connectivity index (χ0n) is 8.32. The minimum absolute atomic E-state index is 0.0968. The fourth-order valence-electron chi connectivity index (χ4n) is 1.45. The third-order valence-corrected chi connectivity index (χ3v) is 2.23. The lowest BCUT2D eigenvalue weighted by Crippen LogP contribution is -2.00. The predicted octanol–water partition coefficient (Wildman–Crippen LogP) is 1.60. The van der Waals surface area contributed by atoms with Gasteiger partial charge < -0.3 is 11.5 Å². The normalized spacial score (nSPS) is 10.5. The lowest BCUT2D eigenvalue weighted by atomic mass is 10.1. The van der Waals surface area contributed by atoms with Crippen LogP contribution in [0.1, 0.15) is 17.4 Å². The molecular weight excluding hydrogens is 190 g/mol. The Labute approximate surface area is 86.9 Å². The summed E-state index contributed by atoms with van der Waals surface area (Å²) in [5.41, 5.74) is 13.7. The van der Waals surface area contributed by atoms with Gasteiger partial charge >= 0.3 is 0 Å². The van der Waals surface area contributed by atoms with Crippen LogP contribution in [0.25, 0.3) is 10.9 Å². The summed E-state index contributed by atoms with van der Waals surface area (Å²) in [4.78, 5) is 15.4. The molecule has 4 heteroatoms. The second-order valence-corrected chi connectivity index (χ2v) is 3.43. The molecular formula is C11H11N3O. The molecule has 0 amide bonds. The van der Waals surface area contributed by atoms with Gasteiger partial charge in [-0.15, -0.1) is 0 Å². The van der Waals surface area contributed by atoms with Crippen LogP contribution in [0, 0.1) is 0 Å². The lowest BCUT2D eigenvalue weighted by molar-refractivity contribution is 0.101. The Hall–Kier alpha value is -2.10. The molecule has 2 rings (SSSR count). The van der Waals surface area contributed by atoms with Crippen molar-refractivity contribution in [1.82, 2.24) is 4.98 Å². The summed E-state index contributed by atoms with van der Waals surface area (Å²) < 4.78 is 0. The van der Waals surface area contributed by atoms with Crippen LogP contribution in [0.15, 0.2) is 24.3 Å². The second-order valence-electron chi connectivity index (χ2n) is 3.43. The third-order valence-electron chi connectivity index (χ3n) is 2.23. The van der Waals surface area contributed by atoms with Gasteiger partial charge in [-0.1, -0.05) is 0 Å². The van der Waals surface area contributed by atoms with Crippen molar-refractivity contribution in [1.29, 1.82) is 0 Å². The predicted molar refractivity (Wildman–Crippen MR) is 60.6 cm³/mol. The van der Waals surface area contributed by atoms with Crippen LogP contribution in [-0.4, -0.2) is 10.8 Å². The summed E-state index contributed by atoms with van der Waals surface area (Å²) in [5.74, 6) is -0.0968. The molecule has 76 valence electrons. The number of Topliss-reactive ketones (excluding diaryl/α,β-unsaturated/α-hetero) is 1. The topological polar surface area (TPSA) is 82.0 Å². The van der Waals surface area contributed by atoms with Gasteiger partial charge in [0.2, 0.25) is 0 Å². The summed E-state index contributed by atoms with van der Waals surface area (Å²) in [7, 11) is 0. The molecule has 1 heterocycles. The van der Waals surface area contributed by atoms with Crippen molar-refractivity contribution in [2.45, 2.75) is 6.92 Å². The molecule has 2 aromatic rings. The fourth-order valence-corrected chi connectivity index (χ4v) is 1.45. The van der Waals surface area contributed by atoms with Crippen molar-refractivity contribution in [2.24, 2.45) is 0 Å². The van der Waals surface area contributed by atoms with Gasteiger partial charge in [0.15, 0.2) is 5.78 Å². The number of pyridine rings is 1. The molecule has 0 spiro atoms. The highest BCUT2D eigenvalue weighted by Crippen LogP contribution is 2.22. The molecule has 1 aromatic carbocycles. The molecule has 0 saturated carbocycles. The molecule has 0 aliphatic rings. The molecule has 0 fully saturated rings. The summed E-state index contributed by atoms with van der Waals surface area (Å²) in [6.45, 7) is 1.46. The van der Waals surface area contributed by atoms with Crippen LogP contribution in [0.2, 0.25) is 0 Å². The fraction of sp³-hybridized carbons (Fsp3) is 0.0909. The van der Waals surface area contributed by atoms with Crippen molar-refractivity contribution in [3.05, 3.63) is 30.0 Å². The Bertz CT molecular complexity index is 549. The maximum atomic E-state index is 11.2. The van der Waals surface area contributed by atoms with E-state index in [1.807, 2.05) is 0 Å². The zero-order chi connectivity index (χ0) is 11.0. The number of ketones is 1. The van der Waals surface area contributed by atoms with E-state index in [-0.39, 0.29) is 5.78 Å². The molecule has 0 atom stereocenters. The Kier molecular flexibility index (Phi) is 2.04. The van der Waals surface area contributed by atoms with E-state index < -0.39 is 0 Å². The summed E-state index contributed by atoms with van der Waals surface area (Å²) in [6, 6.07) is 6.82. The number of aromatic nitrogens is 1. The number of nitrogens with zero attached hydrogens (tertiary/aromatic N) is 1. The maximum Gasteiger partial charge on any atom is 0.178 e. The number of hydrogen-bond acceptors (Lipinski definition) is 4. The van der Waals surface area contributed by atoms with Crippen molar-refractivity contribution in [3.63, 3.8) is 0 Å². The van der Waals surface area contributed by atoms with Crippen molar-refractivity contribution < 1.29 is 4.79 Å². The van der Waals surface area contributed by atoms with E-state index in [9.17, 15) is 4.79 Å². The lowest BCUT2D eigenvalue weighted by Gasteiger charge is -2.04. The van der Waals surface area contributed by atoms with Crippen molar-refractivity contribution in [3.8, 4) is 0 Å². The molecule has 1 aromatic heterocycles. The highest BCUT2D eigenvalue weighted by Gasteiger charge is 2.06. The Balaban J connectivity index is 2.78. The molecule has 4 nitrogen and oxygen atoms in total. The first kappa shape index (κ1) is 9.45. The largest absolute Gasteiger partial charge is 0.399 e. The number of hydrogen-bond donors (Lipinski definition) is 2. The first-order chi connectivity index (χ1) is 7.08. The molecule has 0 aliphatic heterocycles. The number of rotatable bonds is 1. The van der Waals surface area contributed by atoms with Crippen molar-refractivity contribution in [2.75, 3.05) is 11.5 Å². The van der Waals surface area contributed by atoms with Gasteiger partial charge in [-0.3, -0.25) is 4.79 Å². The molecule has 0 saturated heterocycles. The molecule has 15 heavy (non-hydrogen) atoms. The molecule has 0 radical (unpaired) electrons. The summed E-state index contributed by atoms with van der Waals surface area (Å²) in [5, 5.41) is 0.778. The SMILES string of the molecule is CC(=O)c1cc(N)c2cc(N)ccc2n1. The van der Waals surface area contributed by atoms with Crippen LogP contribution in [0.3, 0.4) is 0 Å². The number of carbonyl (C=O) groups is 1. The first-order valence-electron chi connectivity index (χ1n) is 4.54. The van der Waals surface area contributed by atoms with E-state index in [1.165, 1.54) is 6.92 Å². The van der Waals surface area contributed by atoms with Gasteiger partial charge in [-0.25, -0.2) is 4.98 Å². The molecule has 0 aliphatic carbocycles. The van der Waals surface area contributed by atoms with Gasteiger partial charge in [0.05, 0.1) is 5.52 Å². The van der Waals surface area contributed by atoms with Gasteiger partial charge in [-0.2, -0.15) is 0 Å². The number of carbonyl (C=O) groups excluding carboxylic acids is 1. The van der Waals surface area contributed by atoms with Crippen LogP contribution >= 0.6 is 0 Å². The van der Waals surface area contributed by atoms with Gasteiger partial charge in [0, 0.05) is 23.7 Å². The summed E-state index contributed by atoms with van der Waals surface area (Å²) in [6.07, 6.45) is 0. The van der Waals surface area contributed by atoms with E-state index in [4.69, 9.17) is 11.5 Å². The quantitative estimate of drug-likeness (QED) is 0.542. The molecule has 0 bridgehead atoms. The number of anilines is 2. The first-order valence-corrected chi connectivity index (χ1v) is 4.54. The van der Waals surface area contributed by atoms with Gasteiger partial charge in [-0.05, 0) is 24.3 Å². The number of fused-ring (bicyclic) bond motifs is 1. The van der Waals surface area contributed by atoms with Crippen LogP contribution < -0.4 is 11.5 Å². The van der Waals surface area contributed by atoms with Crippen LogP contribution in [0.5, 0.6) is 0 Å². The van der Waals surface area contributed by atoms with E-state index in [1.54, 1.807) is 24.3 Å². The van der Waals surface area contributed by atoms with Crippen LogP contribution in [0.4, 0.5) is 11.4 Å². The Morgan fingerprint density at radius 1 is 1.27 bits per heavy atom. The highest BCUT2D eigenvalue weighted by atomic mass is 16.1. The van der Waals surface area contributed by atoms with E-state index >= 15 is 0 Å². The summed E-state index contributed by atoms with van der Waals surface area (Å²) >= 11 is 0. The van der Waals surface area contributed by atoms with E-state index in [0.717, 1.165) is 5.39 Å². The monoisotopic (exact) mass is 201 g/mol. The van der Waals surface area contributed by atoms with E-state index in [0.29, 0.717) is 22.6 Å². The highest BCUT2D eigenvalue weighted by molar-refractivity contribution is 5.99.